The third-order valence-electron chi connectivity index (χ3n) is 5.44. The Hall–Kier alpha value is -3.40. The number of halogens is 1. The molecular formula is C20H21FN8O. The van der Waals surface area contributed by atoms with Crippen molar-refractivity contribution in [3.05, 3.63) is 36.0 Å². The Morgan fingerprint density at radius 2 is 2.20 bits per heavy atom. The van der Waals surface area contributed by atoms with Crippen LogP contribution in [0.3, 0.4) is 0 Å². The smallest absolute Gasteiger partial charge is 0.151 e. The molecule has 1 fully saturated rings. The molecule has 0 spiro atoms. The minimum absolute atomic E-state index is 0.138. The lowest BCUT2D eigenvalue weighted by Gasteiger charge is -2.34. The van der Waals surface area contributed by atoms with Crippen LogP contribution in [0.2, 0.25) is 0 Å². The molecule has 0 bridgehead atoms. The van der Waals surface area contributed by atoms with E-state index in [9.17, 15) is 0 Å². The monoisotopic (exact) mass is 408 g/mol. The molecule has 9 nitrogen and oxygen atoms in total. The lowest BCUT2D eigenvalue weighted by molar-refractivity contribution is 0.0986. The van der Waals surface area contributed by atoms with Gasteiger partial charge in [-0.2, -0.15) is 5.10 Å². The van der Waals surface area contributed by atoms with Gasteiger partial charge in [-0.1, -0.05) is 5.21 Å². The second kappa shape index (κ2) is 7.13. The summed E-state index contributed by atoms with van der Waals surface area (Å²) in [5.74, 6) is 0.292. The van der Waals surface area contributed by atoms with Crippen molar-refractivity contribution in [2.24, 2.45) is 7.05 Å². The van der Waals surface area contributed by atoms with Gasteiger partial charge in [0.1, 0.15) is 17.0 Å². The molecule has 0 aromatic carbocycles. The van der Waals surface area contributed by atoms with Crippen molar-refractivity contribution in [3.63, 3.8) is 0 Å². The highest BCUT2D eigenvalue weighted by Crippen LogP contribution is 2.37. The van der Waals surface area contributed by atoms with Crippen LogP contribution in [0.1, 0.15) is 12.6 Å². The standard InChI is InChI=1S/C20H21FN8O/c1-11-10-30-7-6-29(11)16-8-13(20-12(2)25-27-28(20)3)17-14(21)9-22-18(19(17)24-16)15-4-5-23-26-15/h4-5,8-9,11H,6-7,10H2,1-3H3,(H,23,26)/t11-/m1/s1. The Labute approximate surface area is 171 Å². The number of aromatic nitrogens is 7. The molecule has 5 heterocycles. The molecule has 154 valence electrons. The molecule has 0 aliphatic carbocycles. The highest BCUT2D eigenvalue weighted by Gasteiger charge is 2.26. The number of anilines is 1. The Morgan fingerprint density at radius 3 is 2.90 bits per heavy atom. The normalized spacial score (nSPS) is 17.1. The predicted octanol–water partition coefficient (Wildman–Crippen LogP) is 2.49. The van der Waals surface area contributed by atoms with Crippen LogP contribution in [0.15, 0.2) is 24.5 Å². The highest BCUT2D eigenvalue weighted by molar-refractivity contribution is 6.01. The maximum absolute atomic E-state index is 15.2. The zero-order valence-electron chi connectivity index (χ0n) is 16.9. The molecule has 1 aliphatic rings. The Kier molecular flexibility index (Phi) is 4.43. The minimum Gasteiger partial charge on any atom is -0.377 e. The van der Waals surface area contributed by atoms with E-state index in [1.54, 1.807) is 24.0 Å². The number of H-pyrrole nitrogens is 1. The summed E-state index contributed by atoms with van der Waals surface area (Å²) in [7, 11) is 1.80. The summed E-state index contributed by atoms with van der Waals surface area (Å²) < 4.78 is 22.4. The van der Waals surface area contributed by atoms with Crippen molar-refractivity contribution in [2.75, 3.05) is 24.7 Å². The first-order valence-corrected chi connectivity index (χ1v) is 9.74. The van der Waals surface area contributed by atoms with Gasteiger partial charge in [-0.05, 0) is 26.0 Å². The van der Waals surface area contributed by atoms with Crippen molar-refractivity contribution in [3.8, 4) is 22.6 Å². The number of nitrogens with one attached hydrogen (secondary N) is 1. The van der Waals surface area contributed by atoms with Gasteiger partial charge < -0.3 is 9.64 Å². The molecule has 1 atom stereocenters. The first-order valence-electron chi connectivity index (χ1n) is 9.74. The number of hydrogen-bond donors (Lipinski definition) is 1. The van der Waals surface area contributed by atoms with Crippen molar-refractivity contribution in [1.82, 2.24) is 35.2 Å². The largest absolute Gasteiger partial charge is 0.377 e. The molecule has 10 heteroatoms. The number of rotatable bonds is 3. The SMILES string of the molecule is Cc1nnn(C)c1-c1cc(N2CCOC[C@H]2C)nc2c(-c3ccn[nH]3)ncc(F)c12. The van der Waals surface area contributed by atoms with Crippen LogP contribution in [0.5, 0.6) is 0 Å². The Morgan fingerprint density at radius 1 is 1.33 bits per heavy atom. The average molecular weight is 408 g/mol. The van der Waals surface area contributed by atoms with Crippen LogP contribution < -0.4 is 4.90 Å². The van der Waals surface area contributed by atoms with Gasteiger partial charge in [-0.3, -0.25) is 5.10 Å². The first kappa shape index (κ1) is 18.6. The van der Waals surface area contributed by atoms with Gasteiger partial charge in [0.15, 0.2) is 5.82 Å². The van der Waals surface area contributed by atoms with E-state index in [0.717, 1.165) is 11.5 Å². The number of hydrogen-bond acceptors (Lipinski definition) is 7. The summed E-state index contributed by atoms with van der Waals surface area (Å²) in [5, 5.41) is 15.6. The van der Waals surface area contributed by atoms with Gasteiger partial charge in [-0.15, -0.1) is 5.10 Å². The Balaban J connectivity index is 1.86. The molecule has 5 rings (SSSR count). The summed E-state index contributed by atoms with van der Waals surface area (Å²) in [4.78, 5) is 11.4. The van der Waals surface area contributed by atoms with Gasteiger partial charge in [0.25, 0.3) is 0 Å². The summed E-state index contributed by atoms with van der Waals surface area (Å²) in [6, 6.07) is 3.84. The number of pyridine rings is 2. The fourth-order valence-electron chi connectivity index (χ4n) is 4.01. The fourth-order valence-corrected chi connectivity index (χ4v) is 4.01. The van der Waals surface area contributed by atoms with E-state index in [1.165, 1.54) is 6.20 Å². The maximum atomic E-state index is 15.2. The summed E-state index contributed by atoms with van der Waals surface area (Å²) in [5.41, 5.74) is 3.81. The third kappa shape index (κ3) is 2.91. The number of aromatic amines is 1. The molecule has 4 aromatic heterocycles. The molecule has 0 radical (unpaired) electrons. The van der Waals surface area contributed by atoms with Crippen LogP contribution in [-0.4, -0.2) is 61.0 Å². The topological polar surface area (TPSA) is 97.6 Å². The van der Waals surface area contributed by atoms with Gasteiger partial charge in [0.2, 0.25) is 0 Å². The van der Waals surface area contributed by atoms with Gasteiger partial charge in [-0.25, -0.2) is 19.0 Å². The molecule has 0 unspecified atom stereocenters. The van der Waals surface area contributed by atoms with E-state index in [0.29, 0.717) is 53.3 Å². The van der Waals surface area contributed by atoms with Crippen molar-refractivity contribution in [1.29, 1.82) is 0 Å². The van der Waals surface area contributed by atoms with Crippen LogP contribution >= 0.6 is 0 Å². The van der Waals surface area contributed by atoms with Crippen LogP contribution in [-0.2, 0) is 11.8 Å². The second-order valence-corrected chi connectivity index (χ2v) is 7.44. The summed E-state index contributed by atoms with van der Waals surface area (Å²) in [6.07, 6.45) is 2.86. The highest BCUT2D eigenvalue weighted by atomic mass is 19.1. The second-order valence-electron chi connectivity index (χ2n) is 7.44. The molecule has 1 aliphatic heterocycles. The molecule has 1 saturated heterocycles. The molecule has 0 saturated carbocycles. The van der Waals surface area contributed by atoms with E-state index < -0.39 is 5.82 Å². The van der Waals surface area contributed by atoms with Crippen LogP contribution in [0, 0.1) is 12.7 Å². The number of nitrogens with zero attached hydrogens (tertiary/aromatic N) is 7. The first-order chi connectivity index (χ1) is 14.5. The number of ether oxygens (including phenoxy) is 1. The van der Waals surface area contributed by atoms with E-state index in [-0.39, 0.29) is 6.04 Å². The molecule has 0 amide bonds. The minimum atomic E-state index is -0.446. The zero-order chi connectivity index (χ0) is 20.8. The third-order valence-corrected chi connectivity index (χ3v) is 5.44. The number of morpholine rings is 1. The van der Waals surface area contributed by atoms with Gasteiger partial charge >= 0.3 is 0 Å². The van der Waals surface area contributed by atoms with Crippen LogP contribution in [0.25, 0.3) is 33.5 Å². The number of aryl methyl sites for hydroxylation is 2. The zero-order valence-corrected chi connectivity index (χ0v) is 16.9. The van der Waals surface area contributed by atoms with Gasteiger partial charge in [0.05, 0.1) is 42.5 Å². The fraction of sp³-hybridized carbons (Fsp3) is 0.350. The van der Waals surface area contributed by atoms with Crippen molar-refractivity contribution >= 4 is 16.7 Å². The molecule has 1 N–H and O–H groups in total. The average Bonchev–Trinajstić information content (AvgIpc) is 3.38. The lowest BCUT2D eigenvalue weighted by atomic mass is 10.0. The maximum Gasteiger partial charge on any atom is 0.151 e. The van der Waals surface area contributed by atoms with E-state index >= 15 is 4.39 Å². The molecule has 4 aromatic rings. The van der Waals surface area contributed by atoms with E-state index in [2.05, 4.69) is 37.3 Å². The van der Waals surface area contributed by atoms with Crippen molar-refractivity contribution in [2.45, 2.75) is 19.9 Å². The predicted molar refractivity (Wildman–Crippen MR) is 109 cm³/mol. The van der Waals surface area contributed by atoms with E-state index in [1.807, 2.05) is 13.0 Å². The quantitative estimate of drug-likeness (QED) is 0.556. The number of fused-ring (bicyclic) bond motifs is 1. The Bertz CT molecular complexity index is 1200. The van der Waals surface area contributed by atoms with Crippen LogP contribution in [0.4, 0.5) is 10.2 Å². The molecular weight excluding hydrogens is 387 g/mol. The lowest BCUT2D eigenvalue weighted by Crippen LogP contribution is -2.44. The molecule has 30 heavy (non-hydrogen) atoms. The van der Waals surface area contributed by atoms with Gasteiger partial charge in [0, 0.05) is 30.7 Å². The van der Waals surface area contributed by atoms with Crippen molar-refractivity contribution < 1.29 is 9.13 Å². The van der Waals surface area contributed by atoms with E-state index in [4.69, 9.17) is 9.72 Å². The summed E-state index contributed by atoms with van der Waals surface area (Å²) >= 11 is 0. The summed E-state index contributed by atoms with van der Waals surface area (Å²) in [6.45, 7) is 5.86.